The predicted octanol–water partition coefficient (Wildman–Crippen LogP) is 2.61. The first-order chi connectivity index (χ1) is 9.15. The molecule has 19 heavy (non-hydrogen) atoms. The molecule has 0 saturated heterocycles. The van der Waals surface area contributed by atoms with Gasteiger partial charge in [0.15, 0.2) is 0 Å². The summed E-state index contributed by atoms with van der Waals surface area (Å²) in [6.45, 7) is 3.95. The minimum atomic E-state index is -0.116. The van der Waals surface area contributed by atoms with E-state index in [0.29, 0.717) is 0 Å². The van der Waals surface area contributed by atoms with Crippen LogP contribution in [0.3, 0.4) is 0 Å². The smallest absolute Gasteiger partial charge is 0.244 e. The molecule has 0 bridgehead atoms. The van der Waals surface area contributed by atoms with E-state index >= 15 is 0 Å². The number of nitrogens with zero attached hydrogens (tertiary/aromatic N) is 1. The summed E-state index contributed by atoms with van der Waals surface area (Å²) in [5.74, 6) is -0.116. The number of benzene rings is 1. The molecule has 0 radical (unpaired) electrons. The van der Waals surface area contributed by atoms with E-state index in [4.69, 9.17) is 0 Å². The highest BCUT2D eigenvalue weighted by Crippen LogP contribution is 2.09. The number of carbonyl (C=O) groups is 1. The number of nitrogens with one attached hydrogen (secondary N) is 2. The van der Waals surface area contributed by atoms with Gasteiger partial charge in [-0.1, -0.05) is 29.8 Å². The fourth-order valence-corrected chi connectivity index (χ4v) is 1.79. The van der Waals surface area contributed by atoms with Gasteiger partial charge in [0.05, 0.1) is 12.2 Å². The summed E-state index contributed by atoms with van der Waals surface area (Å²) < 4.78 is 0. The summed E-state index contributed by atoms with van der Waals surface area (Å²) in [5.41, 5.74) is 3.15. The zero-order valence-electron chi connectivity index (χ0n) is 11.1. The van der Waals surface area contributed by atoms with Gasteiger partial charge in [0, 0.05) is 17.8 Å². The van der Waals surface area contributed by atoms with Crippen molar-refractivity contribution in [1.29, 1.82) is 0 Å². The van der Waals surface area contributed by atoms with E-state index in [1.54, 1.807) is 18.5 Å². The van der Waals surface area contributed by atoms with Gasteiger partial charge in [-0.25, -0.2) is 0 Å². The molecule has 2 rings (SSSR count). The van der Waals surface area contributed by atoms with Crippen LogP contribution in [0.5, 0.6) is 0 Å². The third-order valence-electron chi connectivity index (χ3n) is 2.85. The predicted molar refractivity (Wildman–Crippen MR) is 75.4 cm³/mol. The van der Waals surface area contributed by atoms with Gasteiger partial charge in [0.2, 0.25) is 5.91 Å². The zero-order valence-corrected chi connectivity index (χ0v) is 11.1. The molecule has 0 aliphatic heterocycles. The Hall–Kier alpha value is -2.36. The number of carbonyl (C=O) groups excluding carboxylic acids is 1. The van der Waals surface area contributed by atoms with E-state index in [9.17, 15) is 4.79 Å². The number of H-pyrrole nitrogens is 1. The van der Waals surface area contributed by atoms with Crippen molar-refractivity contribution in [1.82, 2.24) is 15.5 Å². The van der Waals surface area contributed by atoms with Gasteiger partial charge in [0.25, 0.3) is 0 Å². The Morgan fingerprint density at radius 1 is 1.47 bits per heavy atom. The van der Waals surface area contributed by atoms with Crippen LogP contribution in [-0.4, -0.2) is 16.1 Å². The standard InChI is InChI=1S/C15H17N3O/c1-11-4-3-5-13(8-11)6-7-15(19)18-12(2)14-9-16-17-10-14/h3-10,12H,1-2H3,(H,16,17)(H,18,19)/b7-6+. The second-order valence-corrected chi connectivity index (χ2v) is 4.51. The second kappa shape index (κ2) is 6.00. The summed E-state index contributed by atoms with van der Waals surface area (Å²) >= 11 is 0. The molecule has 98 valence electrons. The maximum atomic E-state index is 11.8. The first-order valence-corrected chi connectivity index (χ1v) is 6.19. The van der Waals surface area contributed by atoms with Crippen LogP contribution >= 0.6 is 0 Å². The summed E-state index contributed by atoms with van der Waals surface area (Å²) in [7, 11) is 0. The summed E-state index contributed by atoms with van der Waals surface area (Å²) in [6.07, 6.45) is 6.83. The molecule has 4 nitrogen and oxygen atoms in total. The van der Waals surface area contributed by atoms with Crippen LogP contribution in [0.15, 0.2) is 42.7 Å². The quantitative estimate of drug-likeness (QED) is 0.825. The van der Waals surface area contributed by atoms with Crippen LogP contribution in [0.2, 0.25) is 0 Å². The molecule has 0 fully saturated rings. The Bertz CT molecular complexity index is 573. The summed E-state index contributed by atoms with van der Waals surface area (Å²) in [4.78, 5) is 11.8. The molecule has 4 heteroatoms. The van der Waals surface area contributed by atoms with E-state index < -0.39 is 0 Å². The van der Waals surface area contributed by atoms with E-state index in [0.717, 1.165) is 11.1 Å². The van der Waals surface area contributed by atoms with Crippen molar-refractivity contribution in [2.75, 3.05) is 0 Å². The topological polar surface area (TPSA) is 57.8 Å². The summed E-state index contributed by atoms with van der Waals surface area (Å²) in [5, 5.41) is 9.47. The Morgan fingerprint density at radius 2 is 2.32 bits per heavy atom. The second-order valence-electron chi connectivity index (χ2n) is 4.51. The average Bonchev–Trinajstić information content (AvgIpc) is 2.90. The molecule has 1 amide bonds. The van der Waals surface area contributed by atoms with Crippen molar-refractivity contribution in [3.63, 3.8) is 0 Å². The third-order valence-corrected chi connectivity index (χ3v) is 2.85. The number of rotatable bonds is 4. The fourth-order valence-electron chi connectivity index (χ4n) is 1.79. The first kappa shape index (κ1) is 13.1. The zero-order chi connectivity index (χ0) is 13.7. The third kappa shape index (κ3) is 3.81. The van der Waals surface area contributed by atoms with Crippen LogP contribution < -0.4 is 5.32 Å². The van der Waals surface area contributed by atoms with E-state index in [2.05, 4.69) is 15.5 Å². The van der Waals surface area contributed by atoms with Crippen LogP contribution in [-0.2, 0) is 4.79 Å². The number of hydrogen-bond acceptors (Lipinski definition) is 2. The van der Waals surface area contributed by atoms with E-state index in [-0.39, 0.29) is 11.9 Å². The molecule has 1 unspecified atom stereocenters. The van der Waals surface area contributed by atoms with Crippen molar-refractivity contribution in [2.45, 2.75) is 19.9 Å². The first-order valence-electron chi connectivity index (χ1n) is 6.19. The fraction of sp³-hybridized carbons (Fsp3) is 0.200. The van der Waals surface area contributed by atoms with Crippen LogP contribution in [0.1, 0.15) is 29.7 Å². The largest absolute Gasteiger partial charge is 0.346 e. The van der Waals surface area contributed by atoms with Crippen molar-refractivity contribution in [2.24, 2.45) is 0 Å². The molecular formula is C15H17N3O. The lowest BCUT2D eigenvalue weighted by Gasteiger charge is -2.09. The van der Waals surface area contributed by atoms with Crippen LogP contribution in [0.25, 0.3) is 6.08 Å². The molecular weight excluding hydrogens is 238 g/mol. The van der Waals surface area contributed by atoms with Gasteiger partial charge in [-0.3, -0.25) is 9.89 Å². The van der Waals surface area contributed by atoms with Gasteiger partial charge < -0.3 is 5.32 Å². The van der Waals surface area contributed by atoms with Gasteiger partial charge in [-0.05, 0) is 25.5 Å². The maximum Gasteiger partial charge on any atom is 0.244 e. The number of aromatic nitrogens is 2. The van der Waals surface area contributed by atoms with Gasteiger partial charge in [-0.2, -0.15) is 5.10 Å². The number of amides is 1. The Morgan fingerprint density at radius 3 is 3.00 bits per heavy atom. The normalized spacial score (nSPS) is 12.5. The van der Waals surface area contributed by atoms with E-state index in [1.807, 2.05) is 44.2 Å². The average molecular weight is 255 g/mol. The SMILES string of the molecule is Cc1cccc(/C=C/C(=O)NC(C)c2cn[nH]c2)c1. The monoisotopic (exact) mass is 255 g/mol. The highest BCUT2D eigenvalue weighted by Gasteiger charge is 2.07. The molecule has 0 aliphatic rings. The molecule has 1 aromatic carbocycles. The maximum absolute atomic E-state index is 11.8. The molecule has 0 aliphatic carbocycles. The number of aryl methyl sites for hydroxylation is 1. The Labute approximate surface area is 112 Å². The number of hydrogen-bond donors (Lipinski definition) is 2. The molecule has 1 heterocycles. The van der Waals surface area contributed by atoms with Gasteiger partial charge in [0.1, 0.15) is 0 Å². The highest BCUT2D eigenvalue weighted by molar-refractivity contribution is 5.91. The molecule has 1 atom stereocenters. The molecule has 2 N–H and O–H groups in total. The molecule has 2 aromatic rings. The Balaban J connectivity index is 1.94. The lowest BCUT2D eigenvalue weighted by atomic mass is 10.1. The lowest BCUT2D eigenvalue weighted by molar-refractivity contribution is -0.117. The minimum Gasteiger partial charge on any atom is -0.346 e. The minimum absolute atomic E-state index is 0.0617. The van der Waals surface area contributed by atoms with Gasteiger partial charge >= 0.3 is 0 Å². The molecule has 1 aromatic heterocycles. The summed E-state index contributed by atoms with van der Waals surface area (Å²) in [6, 6.07) is 7.94. The van der Waals surface area contributed by atoms with Crippen molar-refractivity contribution in [3.8, 4) is 0 Å². The van der Waals surface area contributed by atoms with Crippen LogP contribution in [0, 0.1) is 6.92 Å². The number of aromatic amines is 1. The Kier molecular flexibility index (Phi) is 4.13. The van der Waals surface area contributed by atoms with E-state index in [1.165, 1.54) is 5.56 Å². The van der Waals surface area contributed by atoms with Crippen LogP contribution in [0.4, 0.5) is 0 Å². The molecule has 0 spiro atoms. The van der Waals surface area contributed by atoms with Crippen molar-refractivity contribution >= 4 is 12.0 Å². The lowest BCUT2D eigenvalue weighted by Crippen LogP contribution is -2.24. The highest BCUT2D eigenvalue weighted by atomic mass is 16.1. The molecule has 0 saturated carbocycles. The van der Waals surface area contributed by atoms with Gasteiger partial charge in [-0.15, -0.1) is 0 Å². The van der Waals surface area contributed by atoms with Crippen molar-refractivity contribution < 1.29 is 4.79 Å². The van der Waals surface area contributed by atoms with Crippen molar-refractivity contribution in [3.05, 3.63) is 59.4 Å².